The summed E-state index contributed by atoms with van der Waals surface area (Å²) in [5.41, 5.74) is 1.19. The van der Waals surface area contributed by atoms with E-state index in [4.69, 9.17) is 9.15 Å². The van der Waals surface area contributed by atoms with Gasteiger partial charge in [-0.1, -0.05) is 18.2 Å². The third-order valence-corrected chi connectivity index (χ3v) is 3.99. The number of hydrogen-bond donors (Lipinski definition) is 0. The molecule has 2 aromatic rings. The van der Waals surface area contributed by atoms with Crippen LogP contribution in [0.2, 0.25) is 0 Å². The average molecular weight is 298 g/mol. The summed E-state index contributed by atoms with van der Waals surface area (Å²) in [6.45, 7) is 5.12. The molecule has 1 saturated heterocycles. The number of rotatable bonds is 5. The van der Waals surface area contributed by atoms with Crippen molar-refractivity contribution in [1.29, 1.82) is 0 Å². The van der Waals surface area contributed by atoms with E-state index >= 15 is 0 Å². The minimum atomic E-state index is 0.910. The van der Waals surface area contributed by atoms with E-state index in [0.717, 1.165) is 44.2 Å². The predicted octanol–water partition coefficient (Wildman–Crippen LogP) is 3.12. The van der Waals surface area contributed by atoms with Gasteiger partial charge in [0.1, 0.15) is 11.5 Å². The van der Waals surface area contributed by atoms with E-state index in [-0.39, 0.29) is 0 Å². The molecule has 0 N–H and O–H groups in total. The maximum absolute atomic E-state index is 5.45. The smallest absolute Gasteiger partial charge is 0.142 e. The van der Waals surface area contributed by atoms with E-state index in [2.05, 4.69) is 28.0 Å². The van der Waals surface area contributed by atoms with Gasteiger partial charge >= 0.3 is 0 Å². The Hall–Kier alpha value is -2.20. The van der Waals surface area contributed by atoms with Crippen molar-refractivity contribution in [2.24, 2.45) is 0 Å². The SMILES string of the molecule is COc1ccccc1N1CCN(CC=Cc2ccco2)CC1. The number of methoxy groups -OCH3 is 1. The van der Waals surface area contributed by atoms with Crippen molar-refractivity contribution in [3.63, 3.8) is 0 Å². The summed E-state index contributed by atoms with van der Waals surface area (Å²) in [4.78, 5) is 4.84. The minimum absolute atomic E-state index is 0.910. The van der Waals surface area contributed by atoms with Gasteiger partial charge in [-0.2, -0.15) is 0 Å². The van der Waals surface area contributed by atoms with Crippen LogP contribution in [-0.2, 0) is 0 Å². The van der Waals surface area contributed by atoms with Gasteiger partial charge in [-0.05, 0) is 30.3 Å². The second-order valence-corrected chi connectivity index (χ2v) is 5.38. The van der Waals surface area contributed by atoms with Crippen molar-refractivity contribution < 1.29 is 9.15 Å². The highest BCUT2D eigenvalue weighted by Crippen LogP contribution is 2.28. The van der Waals surface area contributed by atoms with Crippen molar-refractivity contribution in [3.8, 4) is 5.75 Å². The van der Waals surface area contributed by atoms with Crippen LogP contribution in [0.3, 0.4) is 0 Å². The number of anilines is 1. The number of furan rings is 1. The predicted molar refractivity (Wildman–Crippen MR) is 89.4 cm³/mol. The first-order valence-corrected chi connectivity index (χ1v) is 7.67. The van der Waals surface area contributed by atoms with Gasteiger partial charge in [0.2, 0.25) is 0 Å². The summed E-state index contributed by atoms with van der Waals surface area (Å²) >= 11 is 0. The molecular weight excluding hydrogens is 276 g/mol. The van der Waals surface area contributed by atoms with E-state index in [1.807, 2.05) is 30.3 Å². The van der Waals surface area contributed by atoms with E-state index in [0.29, 0.717) is 0 Å². The first-order valence-electron chi connectivity index (χ1n) is 7.67. The fraction of sp³-hybridized carbons (Fsp3) is 0.333. The van der Waals surface area contributed by atoms with Crippen molar-refractivity contribution in [3.05, 3.63) is 54.5 Å². The zero-order valence-corrected chi connectivity index (χ0v) is 12.9. The van der Waals surface area contributed by atoms with Crippen molar-refractivity contribution >= 4 is 11.8 Å². The first-order chi connectivity index (χ1) is 10.9. The standard InChI is InChI=1S/C18H22N2O2/c1-21-18-9-3-2-8-17(18)20-13-11-19(12-14-20)10-4-6-16-7-5-15-22-16/h2-9,15H,10-14H2,1H3. The second kappa shape index (κ2) is 7.18. The molecule has 116 valence electrons. The Bertz CT molecular complexity index is 599. The van der Waals surface area contributed by atoms with Crippen molar-refractivity contribution in [2.75, 3.05) is 44.7 Å². The van der Waals surface area contributed by atoms with Crippen LogP contribution in [0.4, 0.5) is 5.69 Å². The maximum Gasteiger partial charge on any atom is 0.142 e. The van der Waals surface area contributed by atoms with E-state index in [1.54, 1.807) is 13.4 Å². The monoisotopic (exact) mass is 298 g/mol. The summed E-state index contributed by atoms with van der Waals surface area (Å²) in [6.07, 6.45) is 5.90. The van der Waals surface area contributed by atoms with Gasteiger partial charge in [0.15, 0.2) is 0 Å². The molecule has 2 heterocycles. The second-order valence-electron chi connectivity index (χ2n) is 5.38. The molecule has 4 heteroatoms. The van der Waals surface area contributed by atoms with Gasteiger partial charge in [0.05, 0.1) is 19.1 Å². The number of benzene rings is 1. The van der Waals surface area contributed by atoms with Crippen LogP contribution in [0.15, 0.2) is 53.2 Å². The molecule has 0 saturated carbocycles. The normalized spacial score (nSPS) is 16.3. The molecule has 3 rings (SSSR count). The van der Waals surface area contributed by atoms with Crippen LogP contribution in [0, 0.1) is 0 Å². The molecule has 1 aliphatic rings. The Morgan fingerprint density at radius 3 is 2.64 bits per heavy atom. The lowest BCUT2D eigenvalue weighted by atomic mass is 10.2. The molecule has 0 spiro atoms. The molecule has 22 heavy (non-hydrogen) atoms. The van der Waals surface area contributed by atoms with Crippen LogP contribution in [0.5, 0.6) is 5.75 Å². The van der Waals surface area contributed by atoms with Gasteiger partial charge in [-0.25, -0.2) is 0 Å². The number of para-hydroxylation sites is 2. The highest BCUT2D eigenvalue weighted by Gasteiger charge is 2.18. The molecule has 1 aromatic heterocycles. The number of ether oxygens (including phenoxy) is 1. The highest BCUT2D eigenvalue weighted by atomic mass is 16.5. The Kier molecular flexibility index (Phi) is 4.81. The van der Waals surface area contributed by atoms with Crippen LogP contribution < -0.4 is 9.64 Å². The van der Waals surface area contributed by atoms with Crippen LogP contribution in [-0.4, -0.2) is 44.7 Å². The van der Waals surface area contributed by atoms with Gasteiger partial charge < -0.3 is 14.1 Å². The zero-order chi connectivity index (χ0) is 15.2. The largest absolute Gasteiger partial charge is 0.495 e. The topological polar surface area (TPSA) is 28.9 Å². The highest BCUT2D eigenvalue weighted by molar-refractivity contribution is 5.58. The molecule has 0 atom stereocenters. The molecule has 0 bridgehead atoms. The van der Waals surface area contributed by atoms with Crippen LogP contribution >= 0.6 is 0 Å². The summed E-state index contributed by atoms with van der Waals surface area (Å²) in [5, 5.41) is 0. The van der Waals surface area contributed by atoms with Crippen LogP contribution in [0.25, 0.3) is 6.08 Å². The summed E-state index contributed by atoms with van der Waals surface area (Å²) in [7, 11) is 1.73. The number of nitrogens with zero attached hydrogens (tertiary/aromatic N) is 2. The third-order valence-electron chi connectivity index (χ3n) is 3.99. The Labute approximate surface area is 131 Å². The number of piperazine rings is 1. The lowest BCUT2D eigenvalue weighted by Gasteiger charge is -2.36. The fourth-order valence-corrected chi connectivity index (χ4v) is 2.77. The third kappa shape index (κ3) is 3.52. The van der Waals surface area contributed by atoms with E-state index in [1.165, 1.54) is 5.69 Å². The summed E-state index contributed by atoms with van der Waals surface area (Å²) in [6, 6.07) is 12.1. The summed E-state index contributed by atoms with van der Waals surface area (Å²) < 4.78 is 10.8. The molecule has 1 aromatic carbocycles. The molecular formula is C18H22N2O2. The van der Waals surface area contributed by atoms with Gasteiger partial charge in [0, 0.05) is 32.7 Å². The van der Waals surface area contributed by atoms with E-state index < -0.39 is 0 Å². The summed E-state index contributed by atoms with van der Waals surface area (Å²) in [5.74, 6) is 1.86. The maximum atomic E-state index is 5.45. The van der Waals surface area contributed by atoms with E-state index in [9.17, 15) is 0 Å². The molecule has 0 radical (unpaired) electrons. The molecule has 0 unspecified atom stereocenters. The number of hydrogen-bond acceptors (Lipinski definition) is 4. The minimum Gasteiger partial charge on any atom is -0.495 e. The Morgan fingerprint density at radius 2 is 1.91 bits per heavy atom. The first kappa shape index (κ1) is 14.7. The Morgan fingerprint density at radius 1 is 1.09 bits per heavy atom. The molecule has 1 aliphatic heterocycles. The van der Waals surface area contributed by atoms with Crippen molar-refractivity contribution in [2.45, 2.75) is 0 Å². The Balaban J connectivity index is 1.52. The zero-order valence-electron chi connectivity index (χ0n) is 12.9. The van der Waals surface area contributed by atoms with Gasteiger partial charge in [-0.3, -0.25) is 4.90 Å². The van der Waals surface area contributed by atoms with Crippen molar-refractivity contribution in [1.82, 2.24) is 4.90 Å². The lowest BCUT2D eigenvalue weighted by Crippen LogP contribution is -2.46. The lowest BCUT2D eigenvalue weighted by molar-refractivity contribution is 0.283. The molecule has 0 aliphatic carbocycles. The molecule has 4 nitrogen and oxygen atoms in total. The molecule has 0 amide bonds. The molecule has 1 fully saturated rings. The van der Waals surface area contributed by atoms with Crippen LogP contribution in [0.1, 0.15) is 5.76 Å². The van der Waals surface area contributed by atoms with Gasteiger partial charge in [-0.15, -0.1) is 0 Å². The fourth-order valence-electron chi connectivity index (χ4n) is 2.77. The quantitative estimate of drug-likeness (QED) is 0.848. The van der Waals surface area contributed by atoms with Gasteiger partial charge in [0.25, 0.3) is 0 Å². The average Bonchev–Trinajstić information content (AvgIpc) is 3.09.